The molecule has 0 bridgehead atoms. The number of anilines is 1. The Morgan fingerprint density at radius 2 is 2.00 bits per heavy atom. The molecule has 0 saturated carbocycles. The molecule has 0 atom stereocenters. The Hall–Kier alpha value is -2.43. The first-order chi connectivity index (χ1) is 10.5. The number of benzene rings is 1. The van der Waals surface area contributed by atoms with Crippen LogP contribution in [0.1, 0.15) is 19.5 Å². The lowest BCUT2D eigenvalue weighted by Gasteiger charge is -2.27. The Kier molecular flexibility index (Phi) is 5.09. The summed E-state index contributed by atoms with van der Waals surface area (Å²) in [4.78, 5) is 14.4. The quantitative estimate of drug-likeness (QED) is 0.919. The van der Waals surface area contributed by atoms with Gasteiger partial charge in [0, 0.05) is 25.0 Å². The van der Waals surface area contributed by atoms with E-state index in [1.807, 2.05) is 68.1 Å². The maximum Gasteiger partial charge on any atom is 0.322 e. The smallest absolute Gasteiger partial charge is 0.322 e. The average Bonchev–Trinajstić information content (AvgIpc) is 2.90. The Morgan fingerprint density at radius 3 is 2.59 bits per heavy atom. The Labute approximate surface area is 131 Å². The molecule has 0 aliphatic rings. The highest BCUT2D eigenvalue weighted by Gasteiger charge is 2.19. The van der Waals surface area contributed by atoms with Crippen molar-refractivity contribution in [2.24, 2.45) is 7.05 Å². The number of hydrogen-bond donors (Lipinski definition) is 1. The molecule has 0 saturated heterocycles. The summed E-state index contributed by atoms with van der Waals surface area (Å²) in [5, 5.41) is 2.93. The average molecular weight is 301 g/mol. The molecule has 2 amide bonds. The minimum Gasteiger partial charge on any atom is -0.495 e. The molecule has 1 aromatic heterocycles. The predicted octanol–water partition coefficient (Wildman–Crippen LogP) is 3.48. The van der Waals surface area contributed by atoms with Gasteiger partial charge in [-0.25, -0.2) is 4.79 Å². The maximum absolute atomic E-state index is 12.6. The molecule has 2 rings (SSSR count). The van der Waals surface area contributed by atoms with Crippen LogP contribution in [0.3, 0.4) is 0 Å². The highest BCUT2D eigenvalue weighted by molar-refractivity contribution is 5.91. The normalized spacial score (nSPS) is 10.6. The second kappa shape index (κ2) is 7.02. The van der Waals surface area contributed by atoms with Crippen LogP contribution < -0.4 is 10.1 Å². The summed E-state index contributed by atoms with van der Waals surface area (Å²) in [6.07, 6.45) is 1.98. The van der Waals surface area contributed by atoms with Crippen molar-refractivity contribution in [3.8, 4) is 5.75 Å². The lowest BCUT2D eigenvalue weighted by molar-refractivity contribution is 0.192. The van der Waals surface area contributed by atoms with Gasteiger partial charge in [-0.3, -0.25) is 0 Å². The molecule has 0 radical (unpaired) electrons. The zero-order valence-electron chi connectivity index (χ0n) is 13.5. The third-order valence-corrected chi connectivity index (χ3v) is 3.62. The molecule has 2 aromatic rings. The van der Waals surface area contributed by atoms with Crippen LogP contribution in [0.25, 0.3) is 0 Å². The van der Waals surface area contributed by atoms with Crippen LogP contribution in [-0.4, -0.2) is 28.6 Å². The zero-order valence-corrected chi connectivity index (χ0v) is 13.5. The van der Waals surface area contributed by atoms with Crippen LogP contribution in [0.15, 0.2) is 42.6 Å². The number of amides is 2. The van der Waals surface area contributed by atoms with E-state index in [0.717, 1.165) is 5.69 Å². The van der Waals surface area contributed by atoms with Gasteiger partial charge in [0.25, 0.3) is 0 Å². The summed E-state index contributed by atoms with van der Waals surface area (Å²) in [6, 6.07) is 11.3. The van der Waals surface area contributed by atoms with Crippen LogP contribution in [0, 0.1) is 0 Å². The predicted molar refractivity (Wildman–Crippen MR) is 88.1 cm³/mol. The monoisotopic (exact) mass is 301 g/mol. The van der Waals surface area contributed by atoms with Crippen molar-refractivity contribution in [3.05, 3.63) is 48.3 Å². The number of para-hydroxylation sites is 2. The van der Waals surface area contributed by atoms with E-state index < -0.39 is 0 Å². The lowest BCUT2D eigenvalue weighted by atomic mass is 10.2. The van der Waals surface area contributed by atoms with Crippen LogP contribution in [0.2, 0.25) is 0 Å². The maximum atomic E-state index is 12.6. The molecular weight excluding hydrogens is 278 g/mol. The van der Waals surface area contributed by atoms with Gasteiger partial charge in [0.15, 0.2) is 0 Å². The number of methoxy groups -OCH3 is 1. The zero-order chi connectivity index (χ0) is 16.1. The van der Waals surface area contributed by atoms with Crippen LogP contribution in [-0.2, 0) is 13.6 Å². The Bertz CT molecular complexity index is 634. The first-order valence-electron chi connectivity index (χ1n) is 7.33. The number of nitrogens with zero attached hydrogens (tertiary/aromatic N) is 2. The van der Waals surface area contributed by atoms with Gasteiger partial charge < -0.3 is 19.5 Å². The summed E-state index contributed by atoms with van der Waals surface area (Å²) < 4.78 is 7.29. The van der Waals surface area contributed by atoms with Crippen LogP contribution in [0.5, 0.6) is 5.75 Å². The van der Waals surface area contributed by atoms with Crippen molar-refractivity contribution in [2.45, 2.75) is 26.4 Å². The van der Waals surface area contributed by atoms with Gasteiger partial charge in [-0.15, -0.1) is 0 Å². The number of ether oxygens (including phenoxy) is 1. The van der Waals surface area contributed by atoms with Gasteiger partial charge in [-0.2, -0.15) is 0 Å². The molecular formula is C17H23N3O2. The molecule has 0 fully saturated rings. The highest BCUT2D eigenvalue weighted by atomic mass is 16.5. The van der Waals surface area contributed by atoms with E-state index in [0.29, 0.717) is 18.0 Å². The van der Waals surface area contributed by atoms with Crippen molar-refractivity contribution in [1.82, 2.24) is 9.47 Å². The van der Waals surface area contributed by atoms with E-state index in [9.17, 15) is 4.79 Å². The molecule has 0 spiro atoms. The number of urea groups is 1. The third-order valence-electron chi connectivity index (χ3n) is 3.62. The minimum atomic E-state index is -0.138. The summed E-state index contributed by atoms with van der Waals surface area (Å²) in [6.45, 7) is 4.57. The van der Waals surface area contributed by atoms with E-state index in [-0.39, 0.29) is 12.1 Å². The molecule has 1 aromatic carbocycles. The second-order valence-corrected chi connectivity index (χ2v) is 5.46. The number of nitrogens with one attached hydrogen (secondary N) is 1. The molecule has 118 valence electrons. The number of carbonyl (C=O) groups excluding carboxylic acids is 1. The van der Waals surface area contributed by atoms with Crippen molar-refractivity contribution in [1.29, 1.82) is 0 Å². The number of aromatic nitrogens is 1. The van der Waals surface area contributed by atoms with Crippen molar-refractivity contribution in [3.63, 3.8) is 0 Å². The van der Waals surface area contributed by atoms with Gasteiger partial charge in [0.1, 0.15) is 5.75 Å². The van der Waals surface area contributed by atoms with Gasteiger partial charge in [0.05, 0.1) is 19.3 Å². The molecule has 0 aliphatic carbocycles. The molecule has 22 heavy (non-hydrogen) atoms. The molecule has 0 aliphatic heterocycles. The van der Waals surface area contributed by atoms with Crippen molar-refractivity contribution in [2.75, 3.05) is 12.4 Å². The third kappa shape index (κ3) is 3.61. The molecule has 1 N–H and O–H groups in total. The van der Waals surface area contributed by atoms with Crippen LogP contribution in [0.4, 0.5) is 10.5 Å². The van der Waals surface area contributed by atoms with Crippen molar-refractivity contribution >= 4 is 11.7 Å². The van der Waals surface area contributed by atoms with Gasteiger partial charge in [-0.1, -0.05) is 12.1 Å². The molecule has 5 heteroatoms. The van der Waals surface area contributed by atoms with Gasteiger partial charge >= 0.3 is 6.03 Å². The summed E-state index contributed by atoms with van der Waals surface area (Å²) in [7, 11) is 3.57. The number of aryl methyl sites for hydroxylation is 1. The Balaban J connectivity index is 2.15. The van der Waals surface area contributed by atoms with Crippen molar-refractivity contribution < 1.29 is 9.53 Å². The molecule has 0 unspecified atom stereocenters. The fraction of sp³-hybridized carbons (Fsp3) is 0.353. The van der Waals surface area contributed by atoms with Crippen LogP contribution >= 0.6 is 0 Å². The summed E-state index contributed by atoms with van der Waals surface area (Å²) >= 11 is 0. The van der Waals surface area contributed by atoms with E-state index >= 15 is 0 Å². The standard InChI is InChI=1S/C17H23N3O2/c1-13(2)20(12-14-8-7-11-19(14)3)17(21)18-15-9-5-6-10-16(15)22-4/h5-11,13H,12H2,1-4H3,(H,18,21). The SMILES string of the molecule is COc1ccccc1NC(=O)N(Cc1cccn1C)C(C)C. The number of hydrogen-bond acceptors (Lipinski definition) is 2. The van der Waals surface area contributed by atoms with E-state index in [4.69, 9.17) is 4.74 Å². The molecule has 5 nitrogen and oxygen atoms in total. The van der Waals surface area contributed by atoms with E-state index in [1.54, 1.807) is 12.0 Å². The van der Waals surface area contributed by atoms with Gasteiger partial charge in [0.2, 0.25) is 0 Å². The first-order valence-corrected chi connectivity index (χ1v) is 7.33. The summed E-state index contributed by atoms with van der Waals surface area (Å²) in [5.74, 6) is 0.651. The topological polar surface area (TPSA) is 46.5 Å². The fourth-order valence-electron chi connectivity index (χ4n) is 2.26. The van der Waals surface area contributed by atoms with Gasteiger partial charge in [-0.05, 0) is 38.1 Å². The number of rotatable bonds is 5. The largest absolute Gasteiger partial charge is 0.495 e. The van der Waals surface area contributed by atoms with E-state index in [1.165, 1.54) is 0 Å². The second-order valence-electron chi connectivity index (χ2n) is 5.46. The fourth-order valence-corrected chi connectivity index (χ4v) is 2.26. The molecule has 1 heterocycles. The minimum absolute atomic E-state index is 0.0876. The lowest BCUT2D eigenvalue weighted by Crippen LogP contribution is -2.40. The summed E-state index contributed by atoms with van der Waals surface area (Å²) in [5.41, 5.74) is 1.76. The highest BCUT2D eigenvalue weighted by Crippen LogP contribution is 2.24. The number of carbonyl (C=O) groups is 1. The van der Waals surface area contributed by atoms with E-state index in [2.05, 4.69) is 5.32 Å². The Morgan fingerprint density at radius 1 is 1.27 bits per heavy atom. The first kappa shape index (κ1) is 15.9.